The summed E-state index contributed by atoms with van der Waals surface area (Å²) in [5, 5.41) is 43.8. The number of aliphatic hydroxyl groups excluding tert-OH is 3. The number of nitrogens with two attached hydrogens (primary N) is 2. The van der Waals surface area contributed by atoms with Crippen molar-refractivity contribution in [1.29, 1.82) is 0 Å². The van der Waals surface area contributed by atoms with Gasteiger partial charge in [-0.05, 0) is 105 Å². The highest BCUT2D eigenvalue weighted by atomic mass is 31.2. The first-order valence-corrected chi connectivity index (χ1v) is 37.2. The van der Waals surface area contributed by atoms with Crippen LogP contribution in [0, 0.1) is 0 Å². The third kappa shape index (κ3) is 23.7. The van der Waals surface area contributed by atoms with Crippen LogP contribution in [-0.2, 0) is 4.79 Å². The van der Waals surface area contributed by atoms with Gasteiger partial charge in [-0.3, -0.25) is 0 Å². The normalized spacial score (nSPS) is 11.5. The molecule has 2 atom stereocenters. The van der Waals surface area contributed by atoms with E-state index in [4.69, 9.17) is 26.8 Å². The summed E-state index contributed by atoms with van der Waals surface area (Å²) >= 11 is 0. The molecule has 10 rings (SSSR count). The fraction of sp³-hybridized carbons (Fsp3) is 0.187. The molecule has 10 aromatic carbocycles. The van der Waals surface area contributed by atoms with Gasteiger partial charge in [0, 0.05) is 43.9 Å². The van der Waals surface area contributed by atoms with Crippen LogP contribution in [0.3, 0.4) is 0 Å². The third-order valence-electron chi connectivity index (χ3n) is 13.7. The van der Waals surface area contributed by atoms with Gasteiger partial charge < -0.3 is 36.9 Å². The van der Waals surface area contributed by atoms with E-state index in [9.17, 15) is 4.79 Å². The lowest BCUT2D eigenvalue weighted by Crippen LogP contribution is -2.29. The zero-order valence-corrected chi connectivity index (χ0v) is 54.7. The first kappa shape index (κ1) is 69.9. The van der Waals surface area contributed by atoms with Crippen LogP contribution >= 0.6 is 39.6 Å². The Morgan fingerprint density at radius 1 is 0.368 bits per heavy atom. The maximum atomic E-state index is 9.68. The number of nitrogens with one attached hydrogen (secondary N) is 1. The Morgan fingerprint density at radius 3 is 0.793 bits per heavy atom. The standard InChI is InChI=1S/C27H26P2.C25H22P2.C14H15P.C5H10O4.C4H13N3/c1-2-27(28(23-15-7-3-8-16-23)24-17-9-4-10-18-24)29(25-19-11-5-12-20-25)26-21-13-6-14-22-26;1-5-13-22(14-6-1)26(23-15-7-2-8-16-23)21-27(24-17-9-3-10-18-24)25-19-11-4-12-20-25;1-2-15(13-9-5-3-6-10-13)14-11-7-4-8-12-14;6-2-1-4(8)5(9)3-7;5-1-3-7-4-2-6/h3-22,27H,2H2,1H3;1-20H,21H2;3-12H,2H2,1H3;2,4-5,7-9H,1,3H2;7H,1-6H2/t;;;4-,5+;/m...0./s1. The summed E-state index contributed by atoms with van der Waals surface area (Å²) in [6, 6.07) is 110. The Kier molecular flexibility index (Phi) is 33.6. The SMILES string of the molecule is CCC(P(c1ccccc1)c1ccccc1)P(c1ccccc1)c1ccccc1.CCP(c1ccccc1)c1ccccc1.NCCNCCN.O=CC[C@H](O)[C@H](O)CO.c1ccc(P(CP(c2ccccc2)c2ccccc2)c2ccccc2)cc1. The van der Waals surface area contributed by atoms with Crippen molar-refractivity contribution in [1.82, 2.24) is 5.32 Å². The molecule has 87 heavy (non-hydrogen) atoms. The molecular formula is C75H86N3O4P5. The van der Waals surface area contributed by atoms with Crippen LogP contribution in [-0.4, -0.2) is 84.1 Å². The van der Waals surface area contributed by atoms with Gasteiger partial charge in [0.25, 0.3) is 0 Å². The van der Waals surface area contributed by atoms with E-state index in [-0.39, 0.29) is 14.3 Å². The second-order valence-corrected chi connectivity index (χ2v) is 32.4. The van der Waals surface area contributed by atoms with E-state index in [2.05, 4.69) is 322 Å². The fourth-order valence-corrected chi connectivity index (χ4v) is 25.2. The summed E-state index contributed by atoms with van der Waals surface area (Å²) in [5.41, 5.74) is 10.3. The van der Waals surface area contributed by atoms with E-state index in [0.717, 1.165) is 19.5 Å². The predicted molar refractivity (Wildman–Crippen MR) is 386 cm³/mol. The number of hydrogen-bond donors (Lipinski definition) is 6. The number of carbonyl (C=O) groups is 1. The maximum absolute atomic E-state index is 9.68. The summed E-state index contributed by atoms with van der Waals surface area (Å²) in [5.74, 6) is 1.17. The monoisotopic (exact) mass is 1250 g/mol. The molecule has 0 aromatic heterocycles. The molecule has 0 bridgehead atoms. The van der Waals surface area contributed by atoms with Gasteiger partial charge in [-0.25, -0.2) is 0 Å². The molecule has 0 saturated heterocycles. The van der Waals surface area contributed by atoms with Crippen molar-refractivity contribution in [3.05, 3.63) is 303 Å². The average molecular weight is 1250 g/mol. The topological polar surface area (TPSA) is 142 Å². The number of benzene rings is 10. The van der Waals surface area contributed by atoms with Crippen LogP contribution in [0.1, 0.15) is 26.7 Å². The van der Waals surface area contributed by atoms with E-state index in [0.29, 0.717) is 24.8 Å². The van der Waals surface area contributed by atoms with Crippen LogP contribution in [0.25, 0.3) is 0 Å². The quantitative estimate of drug-likeness (QED) is 0.0201. The second-order valence-electron chi connectivity index (χ2n) is 19.8. The Morgan fingerprint density at radius 2 is 0.598 bits per heavy atom. The highest BCUT2D eigenvalue weighted by Gasteiger charge is 2.32. The lowest BCUT2D eigenvalue weighted by molar-refractivity contribution is -0.111. The van der Waals surface area contributed by atoms with Crippen LogP contribution < -0.4 is 69.8 Å². The average Bonchev–Trinajstić information content (AvgIpc) is 3.01. The minimum atomic E-state index is -1.20. The van der Waals surface area contributed by atoms with Crippen molar-refractivity contribution in [3.63, 3.8) is 0 Å². The second kappa shape index (κ2) is 41.8. The van der Waals surface area contributed by atoms with Crippen molar-refractivity contribution < 1.29 is 20.1 Å². The Hall–Kier alpha value is -6.22. The van der Waals surface area contributed by atoms with Crippen molar-refractivity contribution >= 4 is 98.9 Å². The molecule has 450 valence electrons. The van der Waals surface area contributed by atoms with Gasteiger partial charge in [0.05, 0.1) is 12.7 Å². The number of rotatable bonds is 24. The zero-order valence-electron chi connectivity index (χ0n) is 50.2. The van der Waals surface area contributed by atoms with Gasteiger partial charge in [0.2, 0.25) is 0 Å². The van der Waals surface area contributed by atoms with E-state index in [1.165, 1.54) is 65.1 Å². The molecular weight excluding hydrogens is 1160 g/mol. The molecule has 12 heteroatoms. The minimum absolute atomic E-state index is 0.137. The predicted octanol–water partition coefficient (Wildman–Crippen LogP) is 11.1. The Labute approximate surface area is 525 Å². The number of aliphatic hydroxyl groups is 3. The number of carbonyl (C=O) groups excluding carboxylic acids is 1. The molecule has 0 radical (unpaired) electrons. The van der Waals surface area contributed by atoms with Gasteiger partial charge >= 0.3 is 0 Å². The first-order chi connectivity index (χ1) is 42.8. The molecule has 0 aliphatic heterocycles. The summed E-state index contributed by atoms with van der Waals surface area (Å²) in [7, 11) is -1.91. The first-order valence-electron chi connectivity index (χ1n) is 29.8. The summed E-state index contributed by atoms with van der Waals surface area (Å²) < 4.78 is 0. The molecule has 0 saturated carbocycles. The van der Waals surface area contributed by atoms with E-state index in [1.807, 2.05) is 0 Å². The van der Waals surface area contributed by atoms with Gasteiger partial charge in [0.15, 0.2) is 0 Å². The largest absolute Gasteiger partial charge is 0.394 e. The van der Waals surface area contributed by atoms with E-state index in [1.54, 1.807) is 0 Å². The smallest absolute Gasteiger partial charge is 0.122 e. The Bertz CT molecular complexity index is 2920. The highest BCUT2D eigenvalue weighted by molar-refractivity contribution is 7.90. The lowest BCUT2D eigenvalue weighted by atomic mass is 10.2. The molecule has 0 aliphatic carbocycles. The molecule has 8 N–H and O–H groups in total. The summed E-state index contributed by atoms with van der Waals surface area (Å²) in [4.78, 5) is 9.68. The Balaban J connectivity index is 0.000000191. The van der Waals surface area contributed by atoms with Crippen LogP contribution in [0.15, 0.2) is 303 Å². The third-order valence-corrected chi connectivity index (χ3v) is 28.9. The molecule has 0 unspecified atom stereocenters. The van der Waals surface area contributed by atoms with Crippen molar-refractivity contribution in [2.75, 3.05) is 44.9 Å². The van der Waals surface area contributed by atoms with Crippen molar-refractivity contribution in [2.24, 2.45) is 11.5 Å². The zero-order chi connectivity index (χ0) is 61.5. The summed E-state index contributed by atoms with van der Waals surface area (Å²) in [6.07, 6.45) is 0.391. The van der Waals surface area contributed by atoms with Crippen LogP contribution in [0.4, 0.5) is 0 Å². The lowest BCUT2D eigenvalue weighted by Gasteiger charge is -2.35. The number of hydrogen-bond acceptors (Lipinski definition) is 7. The van der Waals surface area contributed by atoms with Gasteiger partial charge in [-0.15, -0.1) is 0 Å². The molecule has 0 amide bonds. The molecule has 0 heterocycles. The molecule has 0 spiro atoms. The fourth-order valence-electron chi connectivity index (χ4n) is 9.46. The highest BCUT2D eigenvalue weighted by Crippen LogP contribution is 2.57. The van der Waals surface area contributed by atoms with Crippen LogP contribution in [0.2, 0.25) is 0 Å². The van der Waals surface area contributed by atoms with Gasteiger partial charge in [-0.2, -0.15) is 0 Å². The number of aldehydes is 1. The molecule has 7 nitrogen and oxygen atoms in total. The summed E-state index contributed by atoms with van der Waals surface area (Å²) in [6.45, 7) is 7.25. The van der Waals surface area contributed by atoms with Crippen molar-refractivity contribution in [3.8, 4) is 0 Å². The minimum Gasteiger partial charge on any atom is -0.394 e. The van der Waals surface area contributed by atoms with Gasteiger partial charge in [-0.1, -0.05) is 317 Å². The molecule has 0 fully saturated rings. The van der Waals surface area contributed by atoms with E-state index >= 15 is 0 Å². The van der Waals surface area contributed by atoms with E-state index < -0.39 is 50.5 Å². The van der Waals surface area contributed by atoms with Crippen LogP contribution in [0.5, 0.6) is 0 Å². The molecule has 0 aliphatic rings. The maximum Gasteiger partial charge on any atom is 0.122 e. The molecule has 10 aromatic rings. The van der Waals surface area contributed by atoms with Gasteiger partial charge in [0.1, 0.15) is 12.4 Å². The van der Waals surface area contributed by atoms with Crippen molar-refractivity contribution in [2.45, 2.75) is 44.3 Å².